The van der Waals surface area contributed by atoms with Crippen LogP contribution < -0.4 is 0 Å². The van der Waals surface area contributed by atoms with Gasteiger partial charge in [0.25, 0.3) is 0 Å². The smallest absolute Gasteiger partial charge is 0.226 e. The van der Waals surface area contributed by atoms with Gasteiger partial charge in [-0.1, -0.05) is 91.0 Å². The van der Waals surface area contributed by atoms with Gasteiger partial charge in [0.05, 0.1) is 11.0 Å². The first-order valence-corrected chi connectivity index (χ1v) is 13.7. The molecule has 1 N–H and O–H groups in total. The maximum Gasteiger partial charge on any atom is 0.226 e. The lowest BCUT2D eigenvalue weighted by molar-refractivity contribution is 1.06. The minimum atomic E-state index is 0.159. The molecule has 41 heavy (non-hydrogen) atoms. The largest absolute Gasteiger partial charge is 0.354 e. The first-order valence-electron chi connectivity index (χ1n) is 13.3. The Labute approximate surface area is 240 Å². The van der Waals surface area contributed by atoms with Gasteiger partial charge in [-0.2, -0.15) is 9.97 Å². The van der Waals surface area contributed by atoms with E-state index in [1.165, 1.54) is 10.8 Å². The maximum atomic E-state index is 6.30. The van der Waals surface area contributed by atoms with Gasteiger partial charge in [0, 0.05) is 44.2 Å². The van der Waals surface area contributed by atoms with Crippen LogP contribution >= 0.6 is 11.6 Å². The Bertz CT molecular complexity index is 2200. The number of hydrogen-bond acceptors (Lipinski definition) is 4. The van der Waals surface area contributed by atoms with E-state index in [4.69, 9.17) is 21.6 Å². The second-order valence-electron chi connectivity index (χ2n) is 9.86. The van der Waals surface area contributed by atoms with Crippen LogP contribution in [0.25, 0.3) is 72.7 Å². The molecule has 0 saturated carbocycles. The molecule has 0 spiro atoms. The summed E-state index contributed by atoms with van der Waals surface area (Å²) in [6, 6.07) is 41.0. The maximum absolute atomic E-state index is 6.30. The number of aromatic nitrogens is 6. The zero-order chi connectivity index (χ0) is 27.3. The Hall–Kier alpha value is -5.33. The van der Waals surface area contributed by atoms with Gasteiger partial charge in [0.2, 0.25) is 5.28 Å². The van der Waals surface area contributed by atoms with E-state index < -0.39 is 0 Å². The molecule has 0 fully saturated rings. The van der Waals surface area contributed by atoms with Crippen LogP contribution in [0.4, 0.5) is 0 Å². The molecule has 0 saturated heterocycles. The molecule has 0 aliphatic carbocycles. The van der Waals surface area contributed by atoms with Crippen LogP contribution in [0.1, 0.15) is 0 Å². The highest BCUT2D eigenvalue weighted by Crippen LogP contribution is 2.34. The fraction of sp³-hybridized carbons (Fsp3) is 0. The first-order chi connectivity index (χ1) is 20.2. The van der Waals surface area contributed by atoms with Crippen LogP contribution in [0.5, 0.6) is 0 Å². The molecule has 0 bridgehead atoms. The van der Waals surface area contributed by atoms with Crippen molar-refractivity contribution in [1.82, 2.24) is 29.5 Å². The summed E-state index contributed by atoms with van der Waals surface area (Å²) in [5.41, 5.74) is 7.90. The fourth-order valence-electron chi connectivity index (χ4n) is 5.42. The number of rotatable bonds is 4. The molecule has 194 valence electrons. The first kappa shape index (κ1) is 23.5. The summed E-state index contributed by atoms with van der Waals surface area (Å²) >= 11 is 6.30. The van der Waals surface area contributed by atoms with Gasteiger partial charge >= 0.3 is 0 Å². The van der Waals surface area contributed by atoms with E-state index in [0.717, 1.165) is 50.3 Å². The number of nitrogens with one attached hydrogen (secondary N) is 1. The number of nitrogens with zero attached hydrogens (tertiary/aromatic N) is 5. The Morgan fingerprint density at radius 2 is 1.17 bits per heavy atom. The van der Waals surface area contributed by atoms with Gasteiger partial charge in [-0.3, -0.25) is 4.57 Å². The Balaban J connectivity index is 1.27. The van der Waals surface area contributed by atoms with Crippen molar-refractivity contribution >= 4 is 44.4 Å². The predicted octanol–water partition coefficient (Wildman–Crippen LogP) is 8.50. The van der Waals surface area contributed by atoms with Gasteiger partial charge in [0.15, 0.2) is 11.6 Å². The van der Waals surface area contributed by atoms with E-state index in [-0.39, 0.29) is 5.28 Å². The normalized spacial score (nSPS) is 11.5. The lowest BCUT2D eigenvalue weighted by Gasteiger charge is -2.10. The minimum absolute atomic E-state index is 0.159. The number of halogens is 1. The lowest BCUT2D eigenvalue weighted by Crippen LogP contribution is -1.98. The molecule has 5 aromatic carbocycles. The van der Waals surface area contributed by atoms with Crippen molar-refractivity contribution < 1.29 is 0 Å². The number of H-pyrrole nitrogens is 1. The number of aromatic amines is 1. The third-order valence-corrected chi connectivity index (χ3v) is 7.51. The zero-order valence-electron chi connectivity index (χ0n) is 21.7. The highest BCUT2D eigenvalue weighted by molar-refractivity contribution is 6.28. The number of hydrogen-bond donors (Lipinski definition) is 1. The monoisotopic (exact) mass is 548 g/mol. The number of fused-ring (bicyclic) bond motifs is 4. The summed E-state index contributed by atoms with van der Waals surface area (Å²) in [6.07, 6.45) is 0. The van der Waals surface area contributed by atoms with Crippen molar-refractivity contribution in [3.8, 4) is 39.9 Å². The molecule has 8 rings (SSSR count). The molecule has 0 atom stereocenters. The highest BCUT2D eigenvalue weighted by atomic mass is 35.5. The molecule has 3 heterocycles. The van der Waals surface area contributed by atoms with E-state index in [0.29, 0.717) is 11.6 Å². The Morgan fingerprint density at radius 3 is 1.93 bits per heavy atom. The quantitative estimate of drug-likeness (QED) is 0.239. The highest BCUT2D eigenvalue weighted by Gasteiger charge is 2.17. The van der Waals surface area contributed by atoms with E-state index in [1.54, 1.807) is 0 Å². The molecule has 0 unspecified atom stereocenters. The predicted molar refractivity (Wildman–Crippen MR) is 165 cm³/mol. The standard InChI is InChI=1S/C34H21ClN6/c35-34-39-31(21-9-3-1-4-10-21)38-32(40-34)22-15-17-23(18-16-22)33-37-29-20-28-26(25-13-7-8-14-27(25)36-28)19-30(29)41(33)24-11-5-2-6-12-24/h1-20,36H. The molecule has 7 heteroatoms. The number of imidazole rings is 1. The van der Waals surface area contributed by atoms with Crippen LogP contribution in [-0.4, -0.2) is 29.5 Å². The fourth-order valence-corrected chi connectivity index (χ4v) is 5.58. The zero-order valence-corrected chi connectivity index (χ0v) is 22.4. The molecule has 0 radical (unpaired) electrons. The third-order valence-electron chi connectivity index (χ3n) is 7.34. The van der Waals surface area contributed by atoms with Gasteiger partial charge in [-0.05, 0) is 41.9 Å². The lowest BCUT2D eigenvalue weighted by atomic mass is 10.1. The van der Waals surface area contributed by atoms with Crippen LogP contribution in [-0.2, 0) is 0 Å². The van der Waals surface area contributed by atoms with Crippen molar-refractivity contribution in [2.45, 2.75) is 0 Å². The number of benzene rings is 5. The summed E-state index contributed by atoms with van der Waals surface area (Å²) in [5, 5.41) is 2.53. The minimum Gasteiger partial charge on any atom is -0.354 e. The van der Waals surface area contributed by atoms with E-state index in [2.05, 4.69) is 80.2 Å². The third kappa shape index (κ3) is 4.04. The van der Waals surface area contributed by atoms with E-state index in [9.17, 15) is 0 Å². The summed E-state index contributed by atoms with van der Waals surface area (Å²) in [4.78, 5) is 22.1. The van der Waals surface area contributed by atoms with E-state index >= 15 is 0 Å². The molecule has 0 aliphatic rings. The summed E-state index contributed by atoms with van der Waals surface area (Å²) in [7, 11) is 0. The Morgan fingerprint density at radius 1 is 0.537 bits per heavy atom. The summed E-state index contributed by atoms with van der Waals surface area (Å²) in [5.74, 6) is 1.92. The van der Waals surface area contributed by atoms with Crippen LogP contribution in [0.15, 0.2) is 121 Å². The molecule has 0 amide bonds. The van der Waals surface area contributed by atoms with Gasteiger partial charge in [-0.15, -0.1) is 0 Å². The van der Waals surface area contributed by atoms with Crippen molar-refractivity contribution in [2.24, 2.45) is 0 Å². The van der Waals surface area contributed by atoms with Crippen LogP contribution in [0.2, 0.25) is 5.28 Å². The number of para-hydroxylation sites is 2. The van der Waals surface area contributed by atoms with Crippen LogP contribution in [0, 0.1) is 0 Å². The van der Waals surface area contributed by atoms with Crippen molar-refractivity contribution in [3.05, 3.63) is 127 Å². The molecule has 6 nitrogen and oxygen atoms in total. The molecular formula is C34H21ClN6. The average molecular weight is 549 g/mol. The van der Waals surface area contributed by atoms with Gasteiger partial charge in [0.1, 0.15) is 5.82 Å². The second-order valence-corrected chi connectivity index (χ2v) is 10.2. The molecular weight excluding hydrogens is 528 g/mol. The van der Waals surface area contributed by atoms with Gasteiger partial charge < -0.3 is 4.98 Å². The van der Waals surface area contributed by atoms with Gasteiger partial charge in [-0.25, -0.2) is 9.97 Å². The van der Waals surface area contributed by atoms with Crippen LogP contribution in [0.3, 0.4) is 0 Å². The SMILES string of the molecule is Clc1nc(-c2ccccc2)nc(-c2ccc(-c3nc4cc5[nH]c6ccccc6c5cc4n3-c3ccccc3)cc2)n1. The van der Waals surface area contributed by atoms with Crippen molar-refractivity contribution in [3.63, 3.8) is 0 Å². The van der Waals surface area contributed by atoms with Crippen molar-refractivity contribution in [2.75, 3.05) is 0 Å². The summed E-state index contributed by atoms with van der Waals surface area (Å²) in [6.45, 7) is 0. The molecule has 8 aromatic rings. The van der Waals surface area contributed by atoms with Crippen molar-refractivity contribution in [1.29, 1.82) is 0 Å². The summed E-state index contributed by atoms with van der Waals surface area (Å²) < 4.78 is 2.22. The Kier molecular flexibility index (Phi) is 5.40. The molecule has 0 aliphatic heterocycles. The topological polar surface area (TPSA) is 72.3 Å². The molecule has 3 aromatic heterocycles. The average Bonchev–Trinajstić information content (AvgIpc) is 3.58. The van der Waals surface area contributed by atoms with E-state index in [1.807, 2.05) is 60.7 Å². The second kappa shape index (κ2) is 9.40.